The van der Waals surface area contributed by atoms with Crippen LogP contribution in [0.4, 0.5) is 14.9 Å². The molecule has 0 bridgehead atoms. The van der Waals surface area contributed by atoms with Crippen LogP contribution in [0.5, 0.6) is 0 Å². The van der Waals surface area contributed by atoms with Gasteiger partial charge in [0.1, 0.15) is 24.0 Å². The largest absolute Gasteiger partial charge is 0.444 e. The molecule has 12 nitrogen and oxygen atoms in total. The topological polar surface area (TPSA) is 171 Å². The van der Waals surface area contributed by atoms with Gasteiger partial charge >= 0.3 is 6.09 Å². The molecule has 5 N–H and O–H groups in total. The van der Waals surface area contributed by atoms with E-state index >= 15 is 0 Å². The number of nitrogens with two attached hydrogens (primary N) is 1. The van der Waals surface area contributed by atoms with E-state index in [0.29, 0.717) is 24.1 Å². The van der Waals surface area contributed by atoms with Gasteiger partial charge in [-0.05, 0) is 98.9 Å². The number of aliphatic hydroxyl groups excluding tert-OH is 1. The Morgan fingerprint density at radius 1 is 0.911 bits per heavy atom. The molecular weight excluding hydrogens is 738 g/mol. The number of hydrogen-bond acceptors (Lipinski definition) is 8. The zero-order valence-corrected chi connectivity index (χ0v) is 34.5. The van der Waals surface area contributed by atoms with Crippen molar-refractivity contribution < 1.29 is 37.0 Å². The van der Waals surface area contributed by atoms with Crippen molar-refractivity contribution in [3.05, 3.63) is 95.8 Å². The molecule has 3 unspecified atom stereocenters. The van der Waals surface area contributed by atoms with E-state index in [-0.39, 0.29) is 30.3 Å². The Hall–Kier alpha value is -4.53. The number of carbonyl (C=O) groups is 3. The van der Waals surface area contributed by atoms with Crippen LogP contribution in [0.3, 0.4) is 0 Å². The summed E-state index contributed by atoms with van der Waals surface area (Å²) in [6.07, 6.45) is -1.02. The average molecular weight is 796 g/mol. The molecule has 0 saturated heterocycles. The van der Waals surface area contributed by atoms with E-state index in [1.807, 2.05) is 44.2 Å². The van der Waals surface area contributed by atoms with Crippen molar-refractivity contribution in [2.75, 3.05) is 25.4 Å². The summed E-state index contributed by atoms with van der Waals surface area (Å²) in [6.45, 7) is 13.5. The molecule has 0 aliphatic heterocycles. The van der Waals surface area contributed by atoms with Crippen molar-refractivity contribution in [3.8, 4) is 0 Å². The lowest BCUT2D eigenvalue weighted by Gasteiger charge is -2.36. The van der Waals surface area contributed by atoms with Crippen LogP contribution in [0.25, 0.3) is 0 Å². The van der Waals surface area contributed by atoms with Crippen LogP contribution in [0.2, 0.25) is 0 Å². The van der Waals surface area contributed by atoms with E-state index in [9.17, 15) is 32.3 Å². The second kappa shape index (κ2) is 17.7. The first-order chi connectivity index (χ1) is 26.0. The molecule has 0 aromatic heterocycles. The summed E-state index contributed by atoms with van der Waals surface area (Å²) in [5.74, 6) is -1.83. The third kappa shape index (κ3) is 11.7. The number of halogens is 1. The maximum atomic E-state index is 14.4. The number of nitrogens with zero attached hydrogens (tertiary/aromatic N) is 2. The van der Waals surface area contributed by atoms with Crippen molar-refractivity contribution in [2.45, 2.75) is 109 Å². The van der Waals surface area contributed by atoms with Gasteiger partial charge in [0.05, 0.1) is 22.6 Å². The number of aliphatic hydroxyl groups is 1. The SMILES string of the molecule is CC(C)CN(CC(O)C(Cc1ccccc1)NC(=O)C(NC(=O)CN(C(=O)OC(C)(C)C)C1(c2cccc(F)c2)CC1)C(C)(C)C)S(=O)(=O)c1ccc(N)cc1. The third-order valence-corrected chi connectivity index (χ3v) is 11.4. The Morgan fingerprint density at radius 2 is 1.54 bits per heavy atom. The number of anilines is 1. The molecule has 3 aromatic carbocycles. The molecule has 3 amide bonds. The number of hydrogen-bond donors (Lipinski definition) is 4. The number of nitrogens with one attached hydrogen (secondary N) is 2. The molecule has 3 atom stereocenters. The van der Waals surface area contributed by atoms with Gasteiger partial charge in [-0.2, -0.15) is 4.31 Å². The number of rotatable bonds is 16. The summed E-state index contributed by atoms with van der Waals surface area (Å²) in [5.41, 5.74) is 4.81. The van der Waals surface area contributed by atoms with Gasteiger partial charge in [-0.15, -0.1) is 0 Å². The predicted octanol–water partition coefficient (Wildman–Crippen LogP) is 5.60. The molecule has 1 aliphatic carbocycles. The first-order valence-electron chi connectivity index (χ1n) is 19.0. The minimum atomic E-state index is -4.07. The fraction of sp³-hybridized carbons (Fsp3) is 0.500. The van der Waals surface area contributed by atoms with Crippen LogP contribution in [-0.2, 0) is 36.3 Å². The normalized spacial score (nSPS) is 15.8. The van der Waals surface area contributed by atoms with Gasteiger partial charge < -0.3 is 26.2 Å². The van der Waals surface area contributed by atoms with E-state index in [0.717, 1.165) is 5.56 Å². The number of sulfonamides is 1. The Bertz CT molecular complexity index is 1920. The van der Waals surface area contributed by atoms with Crippen LogP contribution >= 0.6 is 0 Å². The number of benzene rings is 3. The second-order valence-corrected chi connectivity index (χ2v) is 19.1. The maximum absolute atomic E-state index is 14.4. The average Bonchev–Trinajstić information content (AvgIpc) is 3.90. The Labute approximate surface area is 331 Å². The molecule has 0 heterocycles. The molecule has 56 heavy (non-hydrogen) atoms. The van der Waals surface area contributed by atoms with E-state index in [2.05, 4.69) is 10.6 Å². The summed E-state index contributed by atoms with van der Waals surface area (Å²) < 4.78 is 49.0. The summed E-state index contributed by atoms with van der Waals surface area (Å²) in [7, 11) is -4.07. The Kier molecular flexibility index (Phi) is 14.0. The second-order valence-electron chi connectivity index (χ2n) is 17.1. The van der Waals surface area contributed by atoms with E-state index in [1.165, 1.54) is 45.6 Å². The van der Waals surface area contributed by atoms with Crippen LogP contribution < -0.4 is 16.4 Å². The molecule has 3 aromatic rings. The first kappa shape index (κ1) is 44.2. The van der Waals surface area contributed by atoms with Gasteiger partial charge in [0.15, 0.2) is 0 Å². The lowest BCUT2D eigenvalue weighted by Crippen LogP contribution is -2.60. The van der Waals surface area contributed by atoms with Gasteiger partial charge in [-0.1, -0.05) is 77.1 Å². The molecule has 0 spiro atoms. The Balaban J connectivity index is 1.61. The summed E-state index contributed by atoms with van der Waals surface area (Å²) >= 11 is 0. The van der Waals surface area contributed by atoms with Gasteiger partial charge in [-0.3, -0.25) is 14.5 Å². The highest BCUT2D eigenvalue weighted by Gasteiger charge is 2.53. The lowest BCUT2D eigenvalue weighted by atomic mass is 9.85. The zero-order chi connectivity index (χ0) is 41.6. The maximum Gasteiger partial charge on any atom is 0.411 e. The first-order valence-corrected chi connectivity index (χ1v) is 20.4. The highest BCUT2D eigenvalue weighted by Crippen LogP contribution is 2.51. The van der Waals surface area contributed by atoms with Gasteiger partial charge in [0.25, 0.3) is 0 Å². The lowest BCUT2D eigenvalue weighted by molar-refractivity contribution is -0.133. The van der Waals surface area contributed by atoms with Crippen molar-refractivity contribution in [1.29, 1.82) is 0 Å². The Morgan fingerprint density at radius 3 is 2.07 bits per heavy atom. The van der Waals surface area contributed by atoms with Crippen molar-refractivity contribution in [2.24, 2.45) is 11.3 Å². The summed E-state index contributed by atoms with van der Waals surface area (Å²) in [5, 5.41) is 17.6. The number of ether oxygens (including phenoxy) is 1. The molecule has 1 saturated carbocycles. The summed E-state index contributed by atoms with van der Waals surface area (Å²) in [4.78, 5) is 43.2. The molecule has 4 rings (SSSR count). The fourth-order valence-corrected chi connectivity index (χ4v) is 8.19. The highest BCUT2D eigenvalue weighted by atomic mass is 32.2. The monoisotopic (exact) mass is 795 g/mol. The summed E-state index contributed by atoms with van der Waals surface area (Å²) in [6, 6.07) is 18.7. The zero-order valence-electron chi connectivity index (χ0n) is 33.7. The van der Waals surface area contributed by atoms with Gasteiger partial charge in [-0.25, -0.2) is 17.6 Å². The van der Waals surface area contributed by atoms with E-state index in [4.69, 9.17) is 10.5 Å². The molecule has 1 aliphatic rings. The molecule has 1 fully saturated rings. The number of nitrogen functional groups attached to an aromatic ring is 1. The minimum Gasteiger partial charge on any atom is -0.444 e. The minimum absolute atomic E-state index is 0.0181. The predicted molar refractivity (Wildman–Crippen MR) is 214 cm³/mol. The molecule has 14 heteroatoms. The van der Waals surface area contributed by atoms with Crippen molar-refractivity contribution in [1.82, 2.24) is 19.8 Å². The number of amides is 3. The van der Waals surface area contributed by atoms with Crippen LogP contribution in [0, 0.1) is 17.2 Å². The van der Waals surface area contributed by atoms with Crippen molar-refractivity contribution in [3.63, 3.8) is 0 Å². The van der Waals surface area contributed by atoms with Crippen LogP contribution in [0.1, 0.15) is 79.4 Å². The molecule has 0 radical (unpaired) electrons. The van der Waals surface area contributed by atoms with Gasteiger partial charge in [0, 0.05) is 18.8 Å². The van der Waals surface area contributed by atoms with Gasteiger partial charge in [0.2, 0.25) is 21.8 Å². The van der Waals surface area contributed by atoms with Crippen LogP contribution in [0.15, 0.2) is 83.8 Å². The van der Waals surface area contributed by atoms with Crippen molar-refractivity contribution >= 4 is 33.6 Å². The smallest absolute Gasteiger partial charge is 0.411 e. The molecule has 306 valence electrons. The fourth-order valence-electron chi connectivity index (χ4n) is 6.56. The molecular formula is C42H58FN5O7S. The highest BCUT2D eigenvalue weighted by molar-refractivity contribution is 7.89. The number of carbonyl (C=O) groups excluding carboxylic acids is 3. The quantitative estimate of drug-likeness (QED) is 0.136. The van der Waals surface area contributed by atoms with Crippen LogP contribution in [-0.4, -0.2) is 84.1 Å². The standard InChI is InChI=1S/C42H58FN5O7S/c1-28(2)25-47(56(53,54)33-19-17-32(44)18-20-33)26-35(49)34(23-29-13-10-9-11-14-29)45-38(51)37(40(3,4)5)46-36(50)27-48(39(52)55-41(6,7)8)42(21-22-42)30-15-12-16-31(43)24-30/h9-20,24,28,34-35,37,49H,21-23,25-27,44H2,1-8H3,(H,45,51)(H,46,50). The van der Waals surface area contributed by atoms with E-state index in [1.54, 1.807) is 53.7 Å². The van der Waals surface area contributed by atoms with E-state index < -0.39 is 75.0 Å². The third-order valence-electron chi connectivity index (χ3n) is 9.52.